The van der Waals surface area contributed by atoms with Crippen molar-refractivity contribution in [2.75, 3.05) is 13.1 Å². The van der Waals surface area contributed by atoms with E-state index in [2.05, 4.69) is 21.8 Å². The lowest BCUT2D eigenvalue weighted by Crippen LogP contribution is -2.34. The molecule has 1 saturated heterocycles. The zero-order chi connectivity index (χ0) is 16.9. The number of hydrogen-bond donors (Lipinski definition) is 1. The van der Waals surface area contributed by atoms with E-state index >= 15 is 0 Å². The van der Waals surface area contributed by atoms with Gasteiger partial charge in [0.25, 0.3) is 0 Å². The Labute approximate surface area is 147 Å². The van der Waals surface area contributed by atoms with Crippen LogP contribution in [0.15, 0.2) is 36.7 Å². The number of rotatable bonds is 7. The number of benzene rings is 1. The molecule has 1 unspecified atom stereocenters. The fourth-order valence-electron chi connectivity index (χ4n) is 3.11. The molecule has 1 aliphatic heterocycles. The third-order valence-electron chi connectivity index (χ3n) is 4.47. The quantitative estimate of drug-likeness (QED) is 0.838. The standard InChI is InChI=1S/C18H23ClN4O/c1-2-22-9-7-20-17(22)12-21-16-11-18(24)23(13-16)8-6-14-4-3-5-15(19)10-14/h3-5,7,9-10,16,21H,2,6,8,11-13H2,1H3. The molecule has 0 saturated carbocycles. The molecule has 0 spiro atoms. The average Bonchev–Trinajstić information content (AvgIpc) is 3.17. The molecule has 128 valence electrons. The van der Waals surface area contributed by atoms with Gasteiger partial charge in [0.2, 0.25) is 5.91 Å². The van der Waals surface area contributed by atoms with Gasteiger partial charge in [-0.25, -0.2) is 4.98 Å². The van der Waals surface area contributed by atoms with Gasteiger partial charge in [-0.3, -0.25) is 4.79 Å². The summed E-state index contributed by atoms with van der Waals surface area (Å²) in [6.07, 6.45) is 5.19. The minimum atomic E-state index is 0.193. The summed E-state index contributed by atoms with van der Waals surface area (Å²) < 4.78 is 2.11. The minimum Gasteiger partial charge on any atom is -0.341 e. The lowest BCUT2D eigenvalue weighted by Gasteiger charge is -2.17. The molecule has 0 radical (unpaired) electrons. The van der Waals surface area contributed by atoms with E-state index in [4.69, 9.17) is 11.6 Å². The van der Waals surface area contributed by atoms with Gasteiger partial charge >= 0.3 is 0 Å². The summed E-state index contributed by atoms with van der Waals surface area (Å²) >= 11 is 6.01. The predicted molar refractivity (Wildman–Crippen MR) is 94.9 cm³/mol. The molecule has 24 heavy (non-hydrogen) atoms. The first-order valence-corrected chi connectivity index (χ1v) is 8.79. The van der Waals surface area contributed by atoms with Gasteiger partial charge in [0.15, 0.2) is 0 Å². The number of nitrogens with zero attached hydrogens (tertiary/aromatic N) is 3. The van der Waals surface area contributed by atoms with E-state index < -0.39 is 0 Å². The molecule has 5 nitrogen and oxygen atoms in total. The van der Waals surface area contributed by atoms with Gasteiger partial charge in [-0.2, -0.15) is 0 Å². The van der Waals surface area contributed by atoms with Crippen LogP contribution in [0, 0.1) is 0 Å². The molecule has 2 heterocycles. The summed E-state index contributed by atoms with van der Waals surface area (Å²) in [5.74, 6) is 1.23. The average molecular weight is 347 g/mol. The second kappa shape index (κ2) is 7.81. The highest BCUT2D eigenvalue weighted by molar-refractivity contribution is 6.30. The van der Waals surface area contributed by atoms with Crippen LogP contribution in [0.1, 0.15) is 24.7 Å². The maximum atomic E-state index is 12.2. The molecule has 3 rings (SSSR count). The molecule has 2 aromatic rings. The van der Waals surface area contributed by atoms with Crippen molar-refractivity contribution >= 4 is 17.5 Å². The number of carbonyl (C=O) groups excluding carboxylic acids is 1. The molecule has 0 aliphatic carbocycles. The zero-order valence-corrected chi connectivity index (χ0v) is 14.7. The number of imidazole rings is 1. The summed E-state index contributed by atoms with van der Waals surface area (Å²) in [7, 11) is 0. The Morgan fingerprint density at radius 2 is 2.29 bits per heavy atom. The van der Waals surface area contributed by atoms with Crippen molar-refractivity contribution in [1.82, 2.24) is 19.8 Å². The maximum absolute atomic E-state index is 12.2. The van der Waals surface area contributed by atoms with Crippen LogP contribution in [0.2, 0.25) is 5.02 Å². The number of nitrogens with one attached hydrogen (secondary N) is 1. The Morgan fingerprint density at radius 3 is 3.08 bits per heavy atom. The van der Waals surface area contributed by atoms with Crippen molar-refractivity contribution in [3.05, 3.63) is 53.1 Å². The van der Waals surface area contributed by atoms with E-state index in [-0.39, 0.29) is 11.9 Å². The number of aryl methyl sites for hydroxylation is 1. The Bertz CT molecular complexity index is 700. The Hall–Kier alpha value is -1.85. The molecule has 1 aliphatic rings. The molecule has 6 heteroatoms. The van der Waals surface area contributed by atoms with Crippen LogP contribution in [0.3, 0.4) is 0 Å². The molecule has 1 N–H and O–H groups in total. The normalized spacial score (nSPS) is 17.7. The van der Waals surface area contributed by atoms with Crippen LogP contribution in [0.25, 0.3) is 0 Å². The van der Waals surface area contributed by atoms with Gasteiger partial charge in [-0.05, 0) is 31.0 Å². The zero-order valence-electron chi connectivity index (χ0n) is 13.9. The number of likely N-dealkylation sites (tertiary alicyclic amines) is 1. The highest BCUT2D eigenvalue weighted by Gasteiger charge is 2.28. The highest BCUT2D eigenvalue weighted by atomic mass is 35.5. The fourth-order valence-corrected chi connectivity index (χ4v) is 3.33. The van der Waals surface area contributed by atoms with Gasteiger partial charge in [-0.1, -0.05) is 23.7 Å². The van der Waals surface area contributed by atoms with Crippen LogP contribution in [-0.2, 0) is 24.3 Å². The van der Waals surface area contributed by atoms with Gasteiger partial charge in [-0.15, -0.1) is 0 Å². The van der Waals surface area contributed by atoms with Crippen molar-refractivity contribution in [1.29, 1.82) is 0 Å². The van der Waals surface area contributed by atoms with Crippen molar-refractivity contribution in [3.8, 4) is 0 Å². The molecule has 1 amide bonds. The smallest absolute Gasteiger partial charge is 0.224 e. The SMILES string of the molecule is CCn1ccnc1CNC1CC(=O)N(CCc2cccc(Cl)c2)C1. The predicted octanol–water partition coefficient (Wildman–Crippen LogP) is 2.49. The van der Waals surface area contributed by atoms with Gasteiger partial charge in [0.05, 0.1) is 6.54 Å². The van der Waals surface area contributed by atoms with E-state index in [9.17, 15) is 4.79 Å². The first-order valence-electron chi connectivity index (χ1n) is 8.41. The lowest BCUT2D eigenvalue weighted by molar-refractivity contribution is -0.127. The third kappa shape index (κ3) is 4.16. The van der Waals surface area contributed by atoms with Crippen LogP contribution >= 0.6 is 11.6 Å². The van der Waals surface area contributed by atoms with Gasteiger partial charge < -0.3 is 14.8 Å². The number of halogens is 1. The van der Waals surface area contributed by atoms with E-state index in [0.29, 0.717) is 13.0 Å². The molecular formula is C18H23ClN4O. The van der Waals surface area contributed by atoms with E-state index in [1.54, 1.807) is 0 Å². The number of carbonyl (C=O) groups is 1. The van der Waals surface area contributed by atoms with Crippen molar-refractivity contribution in [2.24, 2.45) is 0 Å². The molecule has 1 aromatic carbocycles. The number of aromatic nitrogens is 2. The monoisotopic (exact) mass is 346 g/mol. The Balaban J connectivity index is 1.48. The van der Waals surface area contributed by atoms with Gasteiger partial charge in [0, 0.05) is 49.5 Å². The lowest BCUT2D eigenvalue weighted by atomic mass is 10.1. The topological polar surface area (TPSA) is 50.2 Å². The van der Waals surface area contributed by atoms with Gasteiger partial charge in [0.1, 0.15) is 5.82 Å². The summed E-state index contributed by atoms with van der Waals surface area (Å²) in [5.41, 5.74) is 1.16. The van der Waals surface area contributed by atoms with Crippen molar-refractivity contribution in [2.45, 2.75) is 38.9 Å². The molecule has 0 bridgehead atoms. The van der Waals surface area contributed by atoms with E-state index in [0.717, 1.165) is 42.5 Å². The second-order valence-electron chi connectivity index (χ2n) is 6.13. The number of hydrogen-bond acceptors (Lipinski definition) is 3. The van der Waals surface area contributed by atoms with Crippen molar-refractivity contribution < 1.29 is 4.79 Å². The molecule has 1 atom stereocenters. The molecular weight excluding hydrogens is 324 g/mol. The molecule has 1 aromatic heterocycles. The number of amides is 1. The van der Waals surface area contributed by atoms with Crippen LogP contribution in [0.4, 0.5) is 0 Å². The van der Waals surface area contributed by atoms with Crippen LogP contribution < -0.4 is 5.32 Å². The maximum Gasteiger partial charge on any atom is 0.224 e. The Kier molecular flexibility index (Phi) is 5.53. The van der Waals surface area contributed by atoms with Crippen LogP contribution in [-0.4, -0.2) is 39.5 Å². The highest BCUT2D eigenvalue weighted by Crippen LogP contribution is 2.15. The van der Waals surface area contributed by atoms with Crippen LogP contribution in [0.5, 0.6) is 0 Å². The fraction of sp³-hybridized carbons (Fsp3) is 0.444. The van der Waals surface area contributed by atoms with E-state index in [1.807, 2.05) is 41.6 Å². The first-order chi connectivity index (χ1) is 11.7. The largest absolute Gasteiger partial charge is 0.341 e. The minimum absolute atomic E-state index is 0.193. The van der Waals surface area contributed by atoms with E-state index in [1.165, 1.54) is 0 Å². The summed E-state index contributed by atoms with van der Waals surface area (Å²) in [4.78, 5) is 18.5. The second-order valence-corrected chi connectivity index (χ2v) is 6.57. The summed E-state index contributed by atoms with van der Waals surface area (Å²) in [6.45, 7) is 5.20. The molecule has 1 fully saturated rings. The Morgan fingerprint density at radius 1 is 1.42 bits per heavy atom. The third-order valence-corrected chi connectivity index (χ3v) is 4.70. The summed E-state index contributed by atoms with van der Waals surface area (Å²) in [5, 5.41) is 4.20. The first kappa shape index (κ1) is 17.0. The summed E-state index contributed by atoms with van der Waals surface area (Å²) in [6, 6.07) is 8.02. The van der Waals surface area contributed by atoms with Crippen molar-refractivity contribution in [3.63, 3.8) is 0 Å².